The largest absolute Gasteiger partial charge is 0.485 e. The van der Waals surface area contributed by atoms with Gasteiger partial charge in [-0.25, -0.2) is 0 Å². The third kappa shape index (κ3) is 4.58. The summed E-state index contributed by atoms with van der Waals surface area (Å²) in [5, 5.41) is 7.23. The first-order valence-electron chi connectivity index (χ1n) is 7.17. The van der Waals surface area contributed by atoms with E-state index in [4.69, 9.17) is 9.26 Å². The summed E-state index contributed by atoms with van der Waals surface area (Å²) in [7, 11) is 0. The van der Waals surface area contributed by atoms with Crippen LogP contribution in [-0.2, 0) is 13.2 Å². The molecule has 0 fully saturated rings. The van der Waals surface area contributed by atoms with Crippen molar-refractivity contribution in [2.45, 2.75) is 39.8 Å². The molecule has 0 radical (unpaired) electrons. The molecule has 2 aromatic rings. The Bertz CT molecular complexity index is 581. The van der Waals surface area contributed by atoms with Crippen molar-refractivity contribution in [3.63, 3.8) is 0 Å². The fraction of sp³-hybridized carbons (Fsp3) is 0.438. The fourth-order valence-corrected chi connectivity index (χ4v) is 2.39. The number of hydrogen-bond donors (Lipinski definition) is 1. The van der Waals surface area contributed by atoms with E-state index in [-0.39, 0.29) is 0 Å². The standard InChI is InChI=1S/C16H21BrN2O2/c1-4-18-9-13-8-14(21-19-13)10-20-16-6-5-12(17)7-15(16)11(2)3/h5-8,11,18H,4,9-10H2,1-3H3. The predicted octanol–water partition coefficient (Wildman–Crippen LogP) is 4.25. The molecule has 0 aliphatic heterocycles. The van der Waals surface area contributed by atoms with Crippen molar-refractivity contribution in [1.82, 2.24) is 10.5 Å². The first kappa shape index (κ1) is 16.0. The molecule has 2 rings (SSSR count). The van der Waals surface area contributed by atoms with Gasteiger partial charge in [0.05, 0.1) is 5.69 Å². The molecule has 0 saturated carbocycles. The van der Waals surface area contributed by atoms with Crippen LogP contribution in [0.3, 0.4) is 0 Å². The van der Waals surface area contributed by atoms with Gasteiger partial charge >= 0.3 is 0 Å². The summed E-state index contributed by atoms with van der Waals surface area (Å²) in [6, 6.07) is 7.99. The van der Waals surface area contributed by atoms with Crippen LogP contribution in [0.15, 0.2) is 33.3 Å². The van der Waals surface area contributed by atoms with E-state index in [1.807, 2.05) is 18.2 Å². The van der Waals surface area contributed by atoms with E-state index >= 15 is 0 Å². The minimum atomic E-state index is 0.389. The van der Waals surface area contributed by atoms with Gasteiger partial charge in [0.15, 0.2) is 5.76 Å². The zero-order chi connectivity index (χ0) is 15.2. The van der Waals surface area contributed by atoms with Crippen molar-refractivity contribution >= 4 is 15.9 Å². The number of benzene rings is 1. The molecular formula is C16H21BrN2O2. The minimum Gasteiger partial charge on any atom is -0.485 e. The summed E-state index contributed by atoms with van der Waals surface area (Å²) in [6.45, 7) is 8.38. The van der Waals surface area contributed by atoms with E-state index in [2.05, 4.69) is 53.2 Å². The van der Waals surface area contributed by atoms with Crippen molar-refractivity contribution in [2.24, 2.45) is 0 Å². The Hall–Kier alpha value is -1.33. The molecule has 0 amide bonds. The zero-order valence-electron chi connectivity index (χ0n) is 12.6. The van der Waals surface area contributed by atoms with Gasteiger partial charge < -0.3 is 14.6 Å². The normalized spacial score (nSPS) is 11.1. The Morgan fingerprint density at radius 1 is 1.33 bits per heavy atom. The summed E-state index contributed by atoms with van der Waals surface area (Å²) in [4.78, 5) is 0. The number of nitrogens with one attached hydrogen (secondary N) is 1. The Balaban J connectivity index is 2.01. The van der Waals surface area contributed by atoms with Crippen molar-refractivity contribution in [1.29, 1.82) is 0 Å². The van der Waals surface area contributed by atoms with E-state index in [0.717, 1.165) is 34.8 Å². The lowest BCUT2D eigenvalue weighted by molar-refractivity contribution is 0.246. The monoisotopic (exact) mass is 352 g/mol. The second kappa shape index (κ2) is 7.61. The molecule has 5 heteroatoms. The van der Waals surface area contributed by atoms with Crippen LogP contribution in [0.1, 0.15) is 43.7 Å². The van der Waals surface area contributed by atoms with Gasteiger partial charge in [-0.2, -0.15) is 0 Å². The average Bonchev–Trinajstić information content (AvgIpc) is 2.91. The third-order valence-electron chi connectivity index (χ3n) is 3.13. The summed E-state index contributed by atoms with van der Waals surface area (Å²) >= 11 is 3.50. The highest BCUT2D eigenvalue weighted by atomic mass is 79.9. The number of nitrogens with zero attached hydrogens (tertiary/aromatic N) is 1. The van der Waals surface area contributed by atoms with Gasteiger partial charge in [0.2, 0.25) is 0 Å². The molecule has 1 aromatic carbocycles. The molecule has 0 aliphatic carbocycles. The van der Waals surface area contributed by atoms with Crippen LogP contribution in [0.25, 0.3) is 0 Å². The van der Waals surface area contributed by atoms with Crippen molar-refractivity contribution < 1.29 is 9.26 Å². The summed E-state index contributed by atoms with van der Waals surface area (Å²) in [5.74, 6) is 2.02. The van der Waals surface area contributed by atoms with Gasteiger partial charge in [-0.15, -0.1) is 0 Å². The van der Waals surface area contributed by atoms with Crippen LogP contribution < -0.4 is 10.1 Å². The second-order valence-electron chi connectivity index (χ2n) is 5.19. The van der Waals surface area contributed by atoms with E-state index in [1.165, 1.54) is 5.56 Å². The molecule has 1 aromatic heterocycles. The molecule has 0 bridgehead atoms. The summed E-state index contributed by atoms with van der Waals surface area (Å²) < 4.78 is 12.2. The fourth-order valence-electron chi connectivity index (χ4n) is 2.01. The van der Waals surface area contributed by atoms with Crippen LogP contribution >= 0.6 is 15.9 Å². The quantitative estimate of drug-likeness (QED) is 0.808. The van der Waals surface area contributed by atoms with E-state index in [1.54, 1.807) is 0 Å². The molecule has 21 heavy (non-hydrogen) atoms. The van der Waals surface area contributed by atoms with Gasteiger partial charge in [-0.1, -0.05) is 41.9 Å². The Morgan fingerprint density at radius 2 is 2.14 bits per heavy atom. The number of halogens is 1. The molecule has 0 atom stereocenters. The van der Waals surface area contributed by atoms with Gasteiger partial charge in [0.1, 0.15) is 12.4 Å². The molecule has 4 nitrogen and oxygen atoms in total. The molecule has 1 N–H and O–H groups in total. The number of ether oxygens (including phenoxy) is 1. The topological polar surface area (TPSA) is 47.3 Å². The first-order valence-corrected chi connectivity index (χ1v) is 7.97. The van der Waals surface area contributed by atoms with Gasteiger partial charge in [0, 0.05) is 17.1 Å². The first-order chi connectivity index (χ1) is 10.1. The van der Waals surface area contributed by atoms with Crippen LogP contribution in [-0.4, -0.2) is 11.7 Å². The predicted molar refractivity (Wildman–Crippen MR) is 86.4 cm³/mol. The highest BCUT2D eigenvalue weighted by Crippen LogP contribution is 2.30. The average molecular weight is 353 g/mol. The lowest BCUT2D eigenvalue weighted by atomic mass is 10.0. The third-order valence-corrected chi connectivity index (χ3v) is 3.62. The number of aromatic nitrogens is 1. The van der Waals surface area contributed by atoms with Crippen LogP contribution in [0, 0.1) is 0 Å². The molecule has 0 spiro atoms. The smallest absolute Gasteiger partial charge is 0.174 e. The molecule has 0 unspecified atom stereocenters. The van der Waals surface area contributed by atoms with Gasteiger partial charge in [-0.05, 0) is 36.2 Å². The molecule has 1 heterocycles. The number of rotatable bonds is 7. The molecule has 0 saturated heterocycles. The van der Waals surface area contributed by atoms with Crippen LogP contribution in [0.5, 0.6) is 5.75 Å². The minimum absolute atomic E-state index is 0.389. The maximum Gasteiger partial charge on any atom is 0.174 e. The van der Waals surface area contributed by atoms with Crippen molar-refractivity contribution in [2.75, 3.05) is 6.54 Å². The lowest BCUT2D eigenvalue weighted by Gasteiger charge is -2.13. The Morgan fingerprint density at radius 3 is 2.86 bits per heavy atom. The zero-order valence-corrected chi connectivity index (χ0v) is 14.2. The van der Waals surface area contributed by atoms with E-state index in [0.29, 0.717) is 12.5 Å². The Labute approximate surface area is 134 Å². The van der Waals surface area contributed by atoms with Gasteiger partial charge in [0.25, 0.3) is 0 Å². The van der Waals surface area contributed by atoms with Crippen molar-refractivity contribution in [3.8, 4) is 5.75 Å². The summed E-state index contributed by atoms with van der Waals surface area (Å²) in [5.41, 5.74) is 2.08. The second-order valence-corrected chi connectivity index (χ2v) is 6.11. The molecule has 0 aliphatic rings. The maximum atomic E-state index is 5.88. The highest BCUT2D eigenvalue weighted by Gasteiger charge is 2.10. The summed E-state index contributed by atoms with van der Waals surface area (Å²) in [6.07, 6.45) is 0. The van der Waals surface area contributed by atoms with Crippen LogP contribution in [0.2, 0.25) is 0 Å². The lowest BCUT2D eigenvalue weighted by Crippen LogP contribution is -2.11. The van der Waals surface area contributed by atoms with E-state index in [9.17, 15) is 0 Å². The molecular weight excluding hydrogens is 332 g/mol. The molecule has 114 valence electrons. The van der Waals surface area contributed by atoms with Crippen molar-refractivity contribution in [3.05, 3.63) is 45.8 Å². The SMILES string of the molecule is CCNCc1cc(COc2ccc(Br)cc2C(C)C)on1. The maximum absolute atomic E-state index is 5.88. The highest BCUT2D eigenvalue weighted by molar-refractivity contribution is 9.10. The number of hydrogen-bond acceptors (Lipinski definition) is 4. The Kier molecular flexibility index (Phi) is 5.82. The van der Waals surface area contributed by atoms with E-state index < -0.39 is 0 Å². The van der Waals surface area contributed by atoms with Crippen LogP contribution in [0.4, 0.5) is 0 Å². The van der Waals surface area contributed by atoms with Gasteiger partial charge in [-0.3, -0.25) is 0 Å².